The molecule has 118 valence electrons. The quantitative estimate of drug-likeness (QED) is 0.827. The van der Waals surface area contributed by atoms with Gasteiger partial charge in [0.25, 0.3) is 0 Å². The molecule has 0 aromatic heterocycles. The molecule has 0 bridgehead atoms. The number of ketones is 1. The van der Waals surface area contributed by atoms with Crippen LogP contribution in [-0.4, -0.2) is 19.5 Å². The average molecular weight is 300 g/mol. The summed E-state index contributed by atoms with van der Waals surface area (Å²) in [6.45, 7) is 3.71. The molecular weight excluding hydrogens is 276 g/mol. The molecule has 22 heavy (non-hydrogen) atoms. The molecule has 2 aliphatic rings. The van der Waals surface area contributed by atoms with Gasteiger partial charge in [0.15, 0.2) is 5.78 Å². The van der Waals surface area contributed by atoms with Crippen LogP contribution in [-0.2, 0) is 16.1 Å². The summed E-state index contributed by atoms with van der Waals surface area (Å²) >= 11 is 0. The molecule has 2 atom stereocenters. The molecule has 1 aromatic rings. The molecule has 0 N–H and O–H groups in total. The highest BCUT2D eigenvalue weighted by molar-refractivity contribution is 5.91. The Balaban J connectivity index is 1.55. The van der Waals surface area contributed by atoms with E-state index in [1.807, 2.05) is 30.3 Å². The van der Waals surface area contributed by atoms with Gasteiger partial charge in [0, 0.05) is 6.42 Å². The van der Waals surface area contributed by atoms with E-state index in [9.17, 15) is 4.79 Å². The van der Waals surface area contributed by atoms with E-state index in [1.54, 1.807) is 7.11 Å². The molecule has 3 rings (SSSR count). The summed E-state index contributed by atoms with van der Waals surface area (Å²) in [6.07, 6.45) is 5.76. The van der Waals surface area contributed by atoms with Crippen LogP contribution < -0.4 is 4.74 Å². The lowest BCUT2D eigenvalue weighted by molar-refractivity contribution is -0.116. The Kier molecular flexibility index (Phi) is 4.34. The molecule has 0 spiro atoms. The number of hydrogen-bond donors (Lipinski definition) is 0. The van der Waals surface area contributed by atoms with E-state index in [1.165, 1.54) is 11.1 Å². The van der Waals surface area contributed by atoms with Crippen molar-refractivity contribution in [2.75, 3.05) is 13.7 Å². The van der Waals surface area contributed by atoms with Crippen LogP contribution in [0.15, 0.2) is 35.9 Å². The van der Waals surface area contributed by atoms with E-state index in [2.05, 4.69) is 6.92 Å². The first-order chi connectivity index (χ1) is 10.6. The van der Waals surface area contributed by atoms with Crippen molar-refractivity contribution in [2.24, 2.45) is 11.3 Å². The molecule has 0 radical (unpaired) electrons. The maximum absolute atomic E-state index is 11.6. The Morgan fingerprint density at radius 1 is 1.23 bits per heavy atom. The highest BCUT2D eigenvalue weighted by atomic mass is 16.5. The Morgan fingerprint density at radius 3 is 2.73 bits per heavy atom. The van der Waals surface area contributed by atoms with E-state index in [-0.39, 0.29) is 5.41 Å². The van der Waals surface area contributed by atoms with Crippen LogP contribution in [0.4, 0.5) is 0 Å². The zero-order chi connectivity index (χ0) is 15.6. The van der Waals surface area contributed by atoms with Crippen LogP contribution >= 0.6 is 0 Å². The van der Waals surface area contributed by atoms with Gasteiger partial charge in [0.2, 0.25) is 0 Å². The summed E-state index contributed by atoms with van der Waals surface area (Å²) in [6, 6.07) is 8.01. The van der Waals surface area contributed by atoms with Gasteiger partial charge in [-0.2, -0.15) is 0 Å². The molecule has 0 saturated heterocycles. The molecule has 1 saturated carbocycles. The van der Waals surface area contributed by atoms with Crippen LogP contribution in [0.3, 0.4) is 0 Å². The highest BCUT2D eigenvalue weighted by Crippen LogP contribution is 2.52. The smallest absolute Gasteiger partial charge is 0.155 e. The third-order valence-corrected chi connectivity index (χ3v) is 5.37. The molecule has 0 unspecified atom stereocenters. The second-order valence-electron chi connectivity index (χ2n) is 6.65. The predicted octanol–water partition coefficient (Wildman–Crippen LogP) is 3.92. The van der Waals surface area contributed by atoms with Crippen molar-refractivity contribution in [3.63, 3.8) is 0 Å². The van der Waals surface area contributed by atoms with Gasteiger partial charge in [0.1, 0.15) is 5.75 Å². The maximum atomic E-state index is 11.6. The largest absolute Gasteiger partial charge is 0.497 e. The molecule has 2 aliphatic carbocycles. The minimum atomic E-state index is 0.174. The van der Waals surface area contributed by atoms with Crippen LogP contribution in [0.25, 0.3) is 0 Å². The first-order valence-corrected chi connectivity index (χ1v) is 8.06. The molecule has 0 heterocycles. The summed E-state index contributed by atoms with van der Waals surface area (Å²) in [5, 5.41) is 0. The monoisotopic (exact) mass is 300 g/mol. The number of rotatable bonds is 5. The van der Waals surface area contributed by atoms with Crippen molar-refractivity contribution >= 4 is 5.78 Å². The predicted molar refractivity (Wildman–Crippen MR) is 85.8 cm³/mol. The summed E-state index contributed by atoms with van der Waals surface area (Å²) in [5.74, 6) is 1.70. The van der Waals surface area contributed by atoms with Gasteiger partial charge in [-0.15, -0.1) is 0 Å². The van der Waals surface area contributed by atoms with Crippen molar-refractivity contribution in [3.05, 3.63) is 41.5 Å². The first kappa shape index (κ1) is 15.3. The number of benzene rings is 1. The fourth-order valence-electron chi connectivity index (χ4n) is 3.76. The number of hydrogen-bond acceptors (Lipinski definition) is 3. The van der Waals surface area contributed by atoms with Crippen molar-refractivity contribution in [3.8, 4) is 5.75 Å². The van der Waals surface area contributed by atoms with E-state index in [4.69, 9.17) is 9.47 Å². The highest BCUT2D eigenvalue weighted by Gasteiger charge is 2.44. The molecule has 1 aromatic carbocycles. The summed E-state index contributed by atoms with van der Waals surface area (Å²) < 4.78 is 11.1. The third-order valence-electron chi connectivity index (χ3n) is 5.37. The molecule has 0 amide bonds. The second-order valence-corrected chi connectivity index (χ2v) is 6.65. The summed E-state index contributed by atoms with van der Waals surface area (Å²) in [5.41, 5.74) is 2.69. The fourth-order valence-corrected chi connectivity index (χ4v) is 3.76. The minimum Gasteiger partial charge on any atom is -0.497 e. The summed E-state index contributed by atoms with van der Waals surface area (Å²) in [4.78, 5) is 11.6. The standard InChI is InChI=1S/C19H24O3/c1-19-10-9-17(20)11-15(19)5-6-16(19)13-22-12-14-3-7-18(21-2)8-4-14/h3-4,7-8,11,16H,5-6,9-10,12-13H2,1-2H3/t16-,19+/m1/s1. The number of methoxy groups -OCH3 is 1. The SMILES string of the molecule is COc1ccc(COC[C@H]2CCC3=CC(=O)CC[C@@]32C)cc1. The minimum absolute atomic E-state index is 0.174. The zero-order valence-electron chi connectivity index (χ0n) is 13.4. The molecular formula is C19H24O3. The lowest BCUT2D eigenvalue weighted by Gasteiger charge is -2.35. The lowest BCUT2D eigenvalue weighted by atomic mass is 9.70. The summed E-state index contributed by atoms with van der Waals surface area (Å²) in [7, 11) is 1.67. The number of carbonyl (C=O) groups excluding carboxylic acids is 1. The van der Waals surface area contributed by atoms with Crippen molar-refractivity contribution in [1.82, 2.24) is 0 Å². The number of carbonyl (C=O) groups is 1. The molecule has 3 heteroatoms. The molecule has 3 nitrogen and oxygen atoms in total. The van der Waals surface area contributed by atoms with Crippen LogP contribution in [0.2, 0.25) is 0 Å². The van der Waals surface area contributed by atoms with E-state index < -0.39 is 0 Å². The third kappa shape index (κ3) is 2.95. The van der Waals surface area contributed by atoms with E-state index >= 15 is 0 Å². The van der Waals surface area contributed by atoms with Crippen molar-refractivity contribution < 1.29 is 14.3 Å². The van der Waals surface area contributed by atoms with E-state index in [0.29, 0.717) is 24.7 Å². The Bertz CT molecular complexity index is 573. The van der Waals surface area contributed by atoms with Crippen molar-refractivity contribution in [2.45, 2.75) is 39.2 Å². The van der Waals surface area contributed by atoms with Gasteiger partial charge in [-0.1, -0.05) is 24.6 Å². The zero-order valence-corrected chi connectivity index (χ0v) is 13.4. The average Bonchev–Trinajstić information content (AvgIpc) is 2.85. The maximum Gasteiger partial charge on any atom is 0.155 e. The van der Waals surface area contributed by atoms with E-state index in [0.717, 1.165) is 31.6 Å². The van der Waals surface area contributed by atoms with Gasteiger partial charge < -0.3 is 9.47 Å². The van der Waals surface area contributed by atoms with Gasteiger partial charge in [-0.05, 0) is 54.4 Å². The second kappa shape index (κ2) is 6.25. The lowest BCUT2D eigenvalue weighted by Crippen LogP contribution is -2.30. The van der Waals surface area contributed by atoms with Crippen LogP contribution in [0.1, 0.15) is 38.2 Å². The first-order valence-electron chi connectivity index (χ1n) is 8.06. The molecule has 1 fully saturated rings. The van der Waals surface area contributed by atoms with Gasteiger partial charge in [0.05, 0.1) is 20.3 Å². The number of allylic oxidation sites excluding steroid dienone is 2. The Labute approximate surface area is 132 Å². The van der Waals surface area contributed by atoms with Gasteiger partial charge in [-0.25, -0.2) is 0 Å². The topological polar surface area (TPSA) is 35.5 Å². The number of ether oxygens (including phenoxy) is 2. The van der Waals surface area contributed by atoms with Crippen LogP contribution in [0.5, 0.6) is 5.75 Å². The van der Waals surface area contributed by atoms with Gasteiger partial charge >= 0.3 is 0 Å². The van der Waals surface area contributed by atoms with Crippen molar-refractivity contribution in [1.29, 1.82) is 0 Å². The van der Waals surface area contributed by atoms with Gasteiger partial charge in [-0.3, -0.25) is 4.79 Å². The Hall–Kier alpha value is -1.61. The van der Waals surface area contributed by atoms with Crippen LogP contribution in [0, 0.1) is 11.3 Å². The fraction of sp³-hybridized carbons (Fsp3) is 0.526. The normalized spacial score (nSPS) is 27.5. The Morgan fingerprint density at radius 2 is 2.00 bits per heavy atom. The number of fused-ring (bicyclic) bond motifs is 1. The molecule has 0 aliphatic heterocycles.